The maximum atomic E-state index is 11.8. The van der Waals surface area contributed by atoms with Crippen LogP contribution in [0.15, 0.2) is 48.5 Å². The van der Waals surface area contributed by atoms with Crippen molar-refractivity contribution in [2.24, 2.45) is 0 Å². The molecule has 1 fully saturated rings. The van der Waals surface area contributed by atoms with Gasteiger partial charge in [-0.25, -0.2) is 0 Å². The predicted molar refractivity (Wildman–Crippen MR) is 98.6 cm³/mol. The Morgan fingerprint density at radius 3 is 2.77 bits per heavy atom. The molecule has 1 N–H and O–H groups in total. The van der Waals surface area contributed by atoms with Crippen LogP contribution in [-0.2, 0) is 11.2 Å². The summed E-state index contributed by atoms with van der Waals surface area (Å²) in [5.41, 5.74) is 1.88. The van der Waals surface area contributed by atoms with Crippen LogP contribution in [-0.4, -0.2) is 43.7 Å². The fourth-order valence-corrected chi connectivity index (χ4v) is 3.23. The molecule has 0 unspecified atom stereocenters. The molecule has 0 radical (unpaired) electrons. The van der Waals surface area contributed by atoms with Gasteiger partial charge < -0.3 is 15.0 Å². The minimum atomic E-state index is -0.434. The van der Waals surface area contributed by atoms with E-state index in [0.717, 1.165) is 12.0 Å². The van der Waals surface area contributed by atoms with Crippen molar-refractivity contribution >= 4 is 17.3 Å². The number of morpholine rings is 1. The summed E-state index contributed by atoms with van der Waals surface area (Å²) in [5.74, 6) is -0.345. The number of anilines is 1. The summed E-state index contributed by atoms with van der Waals surface area (Å²) in [7, 11) is 1.50. The Bertz CT molecular complexity index is 795. The van der Waals surface area contributed by atoms with Crippen molar-refractivity contribution in [2.45, 2.75) is 12.5 Å². The van der Waals surface area contributed by atoms with Crippen LogP contribution in [0, 0.1) is 10.1 Å². The minimum Gasteiger partial charge on any atom is -0.377 e. The van der Waals surface area contributed by atoms with Gasteiger partial charge in [0.25, 0.3) is 11.6 Å². The second-order valence-corrected chi connectivity index (χ2v) is 6.15. The first-order valence-electron chi connectivity index (χ1n) is 8.49. The fraction of sp³-hybridized carbons (Fsp3) is 0.316. The van der Waals surface area contributed by atoms with Crippen molar-refractivity contribution in [3.63, 3.8) is 0 Å². The normalized spacial score (nSPS) is 17.0. The van der Waals surface area contributed by atoms with E-state index in [1.807, 2.05) is 35.2 Å². The summed E-state index contributed by atoms with van der Waals surface area (Å²) in [6.07, 6.45) is 0.731. The number of hydrogen-bond acceptors (Lipinski definition) is 5. The summed E-state index contributed by atoms with van der Waals surface area (Å²) < 4.78 is 5.61. The first-order chi connectivity index (χ1) is 12.6. The highest BCUT2D eigenvalue weighted by Gasteiger charge is 2.29. The molecule has 0 aromatic heterocycles. The van der Waals surface area contributed by atoms with E-state index >= 15 is 0 Å². The fourth-order valence-electron chi connectivity index (χ4n) is 3.23. The van der Waals surface area contributed by atoms with Crippen molar-refractivity contribution < 1.29 is 14.5 Å². The summed E-state index contributed by atoms with van der Waals surface area (Å²) >= 11 is 0. The Hall–Kier alpha value is -2.93. The van der Waals surface area contributed by atoms with Crippen LogP contribution < -0.4 is 10.2 Å². The molecule has 1 heterocycles. The van der Waals surface area contributed by atoms with Gasteiger partial charge in [-0.05, 0) is 24.1 Å². The van der Waals surface area contributed by atoms with Gasteiger partial charge in [0.2, 0.25) is 0 Å². The number of amides is 1. The first-order valence-corrected chi connectivity index (χ1v) is 8.49. The Labute approximate surface area is 151 Å². The lowest BCUT2D eigenvalue weighted by Gasteiger charge is -2.37. The highest BCUT2D eigenvalue weighted by atomic mass is 16.6. The number of benzene rings is 2. The van der Waals surface area contributed by atoms with Gasteiger partial charge >= 0.3 is 0 Å². The third-order valence-corrected chi connectivity index (χ3v) is 4.51. The smallest absolute Gasteiger partial charge is 0.293 e. The number of nitro groups is 1. The molecule has 3 rings (SSSR count). The maximum Gasteiger partial charge on any atom is 0.293 e. The molecule has 2 aromatic carbocycles. The van der Waals surface area contributed by atoms with E-state index in [4.69, 9.17) is 4.74 Å². The largest absolute Gasteiger partial charge is 0.377 e. The molecule has 0 bridgehead atoms. The van der Waals surface area contributed by atoms with E-state index < -0.39 is 4.92 Å². The average Bonchev–Trinajstić information content (AvgIpc) is 2.68. The number of carbonyl (C=O) groups is 1. The standard InChI is InChI=1S/C19H21N3O4/c1-20-19(23)15-7-8-17(18(12-15)22(24)25)21-9-10-26-13-16(21)11-14-5-3-2-4-6-14/h2-8,12,16H,9-11,13H2,1H3,(H,20,23)/t16-/m0/s1. The lowest BCUT2D eigenvalue weighted by atomic mass is 10.0. The van der Waals surface area contributed by atoms with Gasteiger partial charge in [-0.15, -0.1) is 0 Å². The summed E-state index contributed by atoms with van der Waals surface area (Å²) in [4.78, 5) is 25.0. The van der Waals surface area contributed by atoms with Crippen molar-refractivity contribution in [1.82, 2.24) is 5.32 Å². The molecule has 1 saturated heterocycles. The molecule has 2 aromatic rings. The molecule has 7 heteroatoms. The van der Waals surface area contributed by atoms with E-state index in [0.29, 0.717) is 25.4 Å². The Morgan fingerprint density at radius 1 is 1.31 bits per heavy atom. The van der Waals surface area contributed by atoms with Crippen molar-refractivity contribution in [1.29, 1.82) is 0 Å². The zero-order chi connectivity index (χ0) is 18.5. The lowest BCUT2D eigenvalue weighted by Crippen LogP contribution is -2.47. The van der Waals surface area contributed by atoms with E-state index in [1.54, 1.807) is 12.1 Å². The van der Waals surface area contributed by atoms with Crippen LogP contribution >= 0.6 is 0 Å². The molecule has 0 aliphatic carbocycles. The molecule has 26 heavy (non-hydrogen) atoms. The summed E-state index contributed by atoms with van der Waals surface area (Å²) in [5, 5.41) is 14.1. The number of rotatable bonds is 5. The van der Waals surface area contributed by atoms with Gasteiger partial charge in [-0.1, -0.05) is 30.3 Å². The van der Waals surface area contributed by atoms with Crippen molar-refractivity contribution in [3.05, 3.63) is 69.8 Å². The van der Waals surface area contributed by atoms with E-state index in [-0.39, 0.29) is 23.2 Å². The van der Waals surface area contributed by atoms with E-state index in [2.05, 4.69) is 5.32 Å². The van der Waals surface area contributed by atoms with Crippen LogP contribution in [0.4, 0.5) is 11.4 Å². The highest BCUT2D eigenvalue weighted by Crippen LogP contribution is 2.32. The Balaban J connectivity index is 1.93. The van der Waals surface area contributed by atoms with Crippen molar-refractivity contribution in [3.8, 4) is 0 Å². The summed E-state index contributed by atoms with van der Waals surface area (Å²) in [6.45, 7) is 1.58. The quantitative estimate of drug-likeness (QED) is 0.658. The number of nitro benzene ring substituents is 1. The maximum absolute atomic E-state index is 11.8. The molecule has 7 nitrogen and oxygen atoms in total. The van der Waals surface area contributed by atoms with Crippen LogP contribution in [0.5, 0.6) is 0 Å². The average molecular weight is 355 g/mol. The molecule has 0 spiro atoms. The zero-order valence-electron chi connectivity index (χ0n) is 14.6. The number of carbonyl (C=O) groups excluding carboxylic acids is 1. The van der Waals surface area contributed by atoms with E-state index in [9.17, 15) is 14.9 Å². The van der Waals surface area contributed by atoms with Crippen LogP contribution in [0.1, 0.15) is 15.9 Å². The highest BCUT2D eigenvalue weighted by molar-refractivity contribution is 5.95. The Morgan fingerprint density at radius 2 is 2.08 bits per heavy atom. The van der Waals surface area contributed by atoms with Gasteiger partial charge in [0.05, 0.1) is 24.2 Å². The predicted octanol–water partition coefficient (Wildman–Crippen LogP) is 2.40. The topological polar surface area (TPSA) is 84.7 Å². The molecule has 0 saturated carbocycles. The second kappa shape index (κ2) is 7.97. The van der Waals surface area contributed by atoms with Gasteiger partial charge in [-0.2, -0.15) is 0 Å². The number of ether oxygens (including phenoxy) is 1. The third kappa shape index (κ3) is 3.83. The SMILES string of the molecule is CNC(=O)c1ccc(N2CCOC[C@@H]2Cc2ccccc2)c([N+](=O)[O-])c1. The molecule has 136 valence electrons. The van der Waals surface area contributed by atoms with Crippen LogP contribution in [0.3, 0.4) is 0 Å². The van der Waals surface area contributed by atoms with Crippen molar-refractivity contribution in [2.75, 3.05) is 31.7 Å². The Kier molecular flexibility index (Phi) is 5.48. The zero-order valence-corrected chi connectivity index (χ0v) is 14.6. The molecular formula is C19H21N3O4. The van der Waals surface area contributed by atoms with Gasteiger partial charge in [0.1, 0.15) is 5.69 Å². The number of nitrogens with zero attached hydrogens (tertiary/aromatic N) is 2. The lowest BCUT2D eigenvalue weighted by molar-refractivity contribution is -0.384. The third-order valence-electron chi connectivity index (χ3n) is 4.51. The molecular weight excluding hydrogens is 334 g/mol. The number of nitrogens with one attached hydrogen (secondary N) is 1. The molecule has 1 aliphatic heterocycles. The van der Waals surface area contributed by atoms with E-state index in [1.165, 1.54) is 13.1 Å². The van der Waals surface area contributed by atoms with Gasteiger partial charge in [0.15, 0.2) is 0 Å². The monoisotopic (exact) mass is 355 g/mol. The van der Waals surface area contributed by atoms with Gasteiger partial charge in [-0.3, -0.25) is 14.9 Å². The minimum absolute atomic E-state index is 0.00398. The molecule has 1 atom stereocenters. The molecule has 1 aliphatic rings. The van der Waals surface area contributed by atoms with Crippen LogP contribution in [0.2, 0.25) is 0 Å². The first kappa shape index (κ1) is 17.9. The molecule has 1 amide bonds. The number of hydrogen-bond donors (Lipinski definition) is 1. The van der Waals surface area contributed by atoms with Crippen LogP contribution in [0.25, 0.3) is 0 Å². The summed E-state index contributed by atoms with van der Waals surface area (Å²) in [6, 6.07) is 14.6. The second-order valence-electron chi connectivity index (χ2n) is 6.15. The van der Waals surface area contributed by atoms with Gasteiger partial charge in [0, 0.05) is 25.2 Å².